The molecule has 0 spiro atoms. The molecule has 4 nitrogen and oxygen atoms in total. The highest BCUT2D eigenvalue weighted by atomic mass is 32.2. The summed E-state index contributed by atoms with van der Waals surface area (Å²) in [5, 5.41) is 0. The number of hydrogen-bond donors (Lipinski definition) is 2. The van der Waals surface area contributed by atoms with E-state index in [9.17, 15) is 8.42 Å². The maximum absolute atomic E-state index is 12.5. The minimum atomic E-state index is -3.44. The van der Waals surface area contributed by atoms with Gasteiger partial charge in [0.2, 0.25) is 10.0 Å². The summed E-state index contributed by atoms with van der Waals surface area (Å²) >= 11 is 0. The van der Waals surface area contributed by atoms with E-state index in [1.807, 2.05) is 13.0 Å². The molecule has 0 aromatic heterocycles. The Morgan fingerprint density at radius 1 is 1.24 bits per heavy atom. The summed E-state index contributed by atoms with van der Waals surface area (Å²) in [7, 11) is -3.44. The first-order valence-corrected chi connectivity index (χ1v) is 9.20. The normalized spacial score (nSPS) is 23.2. The molecular weight excluding hydrogens is 284 g/mol. The van der Waals surface area contributed by atoms with E-state index in [2.05, 4.69) is 11.6 Å². The van der Waals surface area contributed by atoms with Crippen molar-refractivity contribution in [2.24, 2.45) is 17.6 Å². The average molecular weight is 310 g/mol. The van der Waals surface area contributed by atoms with Crippen LogP contribution in [0.2, 0.25) is 0 Å². The van der Waals surface area contributed by atoms with E-state index in [0.717, 1.165) is 29.9 Å². The lowest BCUT2D eigenvalue weighted by molar-refractivity contribution is 0.290. The molecular formula is C16H26N2O2S. The molecule has 1 aromatic rings. The number of nitrogens with one attached hydrogen (secondary N) is 1. The number of sulfonamides is 1. The Labute approximate surface area is 128 Å². The van der Waals surface area contributed by atoms with Crippen molar-refractivity contribution in [3.8, 4) is 0 Å². The van der Waals surface area contributed by atoms with Gasteiger partial charge in [0, 0.05) is 13.1 Å². The first-order chi connectivity index (χ1) is 9.94. The summed E-state index contributed by atoms with van der Waals surface area (Å²) in [6.45, 7) is 4.98. The average Bonchev–Trinajstić information content (AvgIpc) is 2.47. The highest BCUT2D eigenvalue weighted by Crippen LogP contribution is 2.28. The highest BCUT2D eigenvalue weighted by Gasteiger charge is 2.22. The molecule has 1 aliphatic rings. The lowest BCUT2D eigenvalue weighted by atomic mass is 9.83. The summed E-state index contributed by atoms with van der Waals surface area (Å²) in [5.41, 5.74) is 7.28. The van der Waals surface area contributed by atoms with Crippen LogP contribution in [0.5, 0.6) is 0 Å². The van der Waals surface area contributed by atoms with Gasteiger partial charge >= 0.3 is 0 Å². The van der Waals surface area contributed by atoms with Crippen LogP contribution < -0.4 is 10.5 Å². The molecule has 1 fully saturated rings. The first-order valence-electron chi connectivity index (χ1n) is 7.72. The zero-order valence-corrected chi connectivity index (χ0v) is 13.7. The van der Waals surface area contributed by atoms with E-state index in [0.29, 0.717) is 23.9 Å². The molecule has 0 bridgehead atoms. The minimum absolute atomic E-state index is 0.356. The van der Waals surface area contributed by atoms with Gasteiger partial charge in [-0.1, -0.05) is 31.9 Å². The maximum Gasteiger partial charge on any atom is 0.240 e. The molecule has 1 aliphatic carbocycles. The van der Waals surface area contributed by atoms with Crippen LogP contribution >= 0.6 is 0 Å². The second-order valence-corrected chi connectivity index (χ2v) is 7.96. The number of rotatable bonds is 5. The Kier molecular flexibility index (Phi) is 5.41. The van der Waals surface area contributed by atoms with Crippen LogP contribution in [0.3, 0.4) is 0 Å². The molecule has 2 rings (SSSR count). The fourth-order valence-corrected chi connectivity index (χ4v) is 4.41. The third-order valence-corrected chi connectivity index (χ3v) is 6.17. The Morgan fingerprint density at radius 3 is 2.52 bits per heavy atom. The third kappa shape index (κ3) is 4.05. The van der Waals surface area contributed by atoms with Crippen LogP contribution in [0.25, 0.3) is 0 Å². The smallest absolute Gasteiger partial charge is 0.240 e. The number of nitrogens with two attached hydrogens (primary N) is 1. The highest BCUT2D eigenvalue weighted by molar-refractivity contribution is 7.89. The molecule has 0 heterocycles. The zero-order chi connectivity index (χ0) is 15.5. The molecule has 0 atom stereocenters. The number of hydrogen-bond acceptors (Lipinski definition) is 3. The predicted octanol–water partition coefficient (Wildman–Crippen LogP) is 2.56. The van der Waals surface area contributed by atoms with E-state index in [4.69, 9.17) is 5.73 Å². The zero-order valence-electron chi connectivity index (χ0n) is 12.9. The molecule has 0 aliphatic heterocycles. The third-order valence-electron chi connectivity index (χ3n) is 4.60. The second kappa shape index (κ2) is 6.90. The van der Waals surface area contributed by atoms with Gasteiger partial charge in [-0.05, 0) is 48.8 Å². The standard InChI is InChI=1S/C16H26N2O2S/c1-12-6-8-14(9-7-12)11-18-21(19,20)16-5-3-4-15(10-17)13(16)2/h3-5,12,14,18H,6-11,17H2,1-2H3. The fourth-order valence-electron chi connectivity index (χ4n) is 3.01. The summed E-state index contributed by atoms with van der Waals surface area (Å²) in [5.74, 6) is 1.25. The Balaban J connectivity index is 2.05. The van der Waals surface area contributed by atoms with Crippen molar-refractivity contribution >= 4 is 10.0 Å². The molecule has 0 radical (unpaired) electrons. The van der Waals surface area contributed by atoms with Crippen molar-refractivity contribution in [1.29, 1.82) is 0 Å². The van der Waals surface area contributed by atoms with Crippen molar-refractivity contribution in [2.45, 2.75) is 51.0 Å². The molecule has 0 saturated heterocycles. The molecule has 118 valence electrons. The Hall–Kier alpha value is -0.910. The molecule has 21 heavy (non-hydrogen) atoms. The molecule has 1 aromatic carbocycles. The number of benzene rings is 1. The van der Waals surface area contributed by atoms with Crippen molar-refractivity contribution in [3.05, 3.63) is 29.3 Å². The summed E-state index contributed by atoms with van der Waals surface area (Å²) in [6.07, 6.45) is 4.64. The van der Waals surface area contributed by atoms with E-state index < -0.39 is 10.0 Å². The van der Waals surface area contributed by atoms with E-state index >= 15 is 0 Å². The van der Waals surface area contributed by atoms with Crippen LogP contribution in [-0.4, -0.2) is 15.0 Å². The van der Waals surface area contributed by atoms with E-state index in [1.54, 1.807) is 12.1 Å². The van der Waals surface area contributed by atoms with Crippen LogP contribution in [0.1, 0.15) is 43.7 Å². The molecule has 3 N–H and O–H groups in total. The molecule has 0 amide bonds. The van der Waals surface area contributed by atoms with Crippen LogP contribution in [0.15, 0.2) is 23.1 Å². The van der Waals surface area contributed by atoms with Crippen molar-refractivity contribution in [2.75, 3.05) is 6.54 Å². The van der Waals surface area contributed by atoms with Gasteiger partial charge in [-0.25, -0.2) is 13.1 Å². The predicted molar refractivity (Wildman–Crippen MR) is 85.4 cm³/mol. The minimum Gasteiger partial charge on any atom is -0.326 e. The van der Waals surface area contributed by atoms with Gasteiger partial charge in [0.05, 0.1) is 4.90 Å². The first kappa shape index (κ1) is 16.5. The lowest BCUT2D eigenvalue weighted by Crippen LogP contribution is -2.31. The van der Waals surface area contributed by atoms with Crippen molar-refractivity contribution in [1.82, 2.24) is 4.72 Å². The van der Waals surface area contributed by atoms with Crippen molar-refractivity contribution < 1.29 is 8.42 Å². The van der Waals surface area contributed by atoms with Crippen LogP contribution in [-0.2, 0) is 16.6 Å². The van der Waals surface area contributed by atoms with E-state index in [1.165, 1.54) is 12.8 Å². The monoisotopic (exact) mass is 310 g/mol. The summed E-state index contributed by atoms with van der Waals surface area (Å²) in [6, 6.07) is 5.28. The lowest BCUT2D eigenvalue weighted by Gasteiger charge is -2.26. The molecule has 5 heteroatoms. The summed E-state index contributed by atoms with van der Waals surface area (Å²) < 4.78 is 27.7. The van der Waals surface area contributed by atoms with Gasteiger partial charge in [-0.2, -0.15) is 0 Å². The van der Waals surface area contributed by atoms with E-state index in [-0.39, 0.29) is 0 Å². The second-order valence-electron chi connectivity index (χ2n) is 6.22. The van der Waals surface area contributed by atoms with Gasteiger partial charge < -0.3 is 5.73 Å². The van der Waals surface area contributed by atoms with Gasteiger partial charge in [0.15, 0.2) is 0 Å². The quantitative estimate of drug-likeness (QED) is 0.878. The van der Waals surface area contributed by atoms with Gasteiger partial charge in [-0.15, -0.1) is 0 Å². The van der Waals surface area contributed by atoms with Gasteiger partial charge in [-0.3, -0.25) is 0 Å². The van der Waals surface area contributed by atoms with Gasteiger partial charge in [0.1, 0.15) is 0 Å². The largest absolute Gasteiger partial charge is 0.326 e. The van der Waals surface area contributed by atoms with Crippen LogP contribution in [0, 0.1) is 18.8 Å². The van der Waals surface area contributed by atoms with Crippen molar-refractivity contribution in [3.63, 3.8) is 0 Å². The molecule has 1 saturated carbocycles. The summed E-state index contributed by atoms with van der Waals surface area (Å²) in [4.78, 5) is 0.356. The van der Waals surface area contributed by atoms with Gasteiger partial charge in [0.25, 0.3) is 0 Å². The van der Waals surface area contributed by atoms with Crippen LogP contribution in [0.4, 0.5) is 0 Å². The Morgan fingerprint density at radius 2 is 1.90 bits per heavy atom. The molecule has 0 unspecified atom stereocenters. The SMILES string of the molecule is Cc1c(CN)cccc1S(=O)(=O)NCC1CCC(C)CC1. The maximum atomic E-state index is 12.5. The fraction of sp³-hybridized carbons (Fsp3) is 0.625. The Bertz CT molecular complexity index is 576. The topological polar surface area (TPSA) is 72.2 Å².